The van der Waals surface area contributed by atoms with Gasteiger partial charge in [-0.3, -0.25) is 0 Å². The van der Waals surface area contributed by atoms with E-state index < -0.39 is 6.10 Å². The second kappa shape index (κ2) is 6.29. The Hall–Kier alpha value is -2.33. The zero-order chi connectivity index (χ0) is 16.5. The Morgan fingerprint density at radius 1 is 1.08 bits per heavy atom. The number of aliphatic hydroxyl groups is 1. The highest BCUT2D eigenvalue weighted by Gasteiger charge is 2.38. The van der Waals surface area contributed by atoms with Crippen LogP contribution in [0.2, 0.25) is 0 Å². The van der Waals surface area contributed by atoms with Gasteiger partial charge in [0.2, 0.25) is 0 Å². The zero-order valence-corrected chi connectivity index (χ0v) is 13.5. The first-order valence-electron chi connectivity index (χ1n) is 8.57. The number of amides is 2. The molecule has 2 amide bonds. The molecule has 4 heteroatoms. The summed E-state index contributed by atoms with van der Waals surface area (Å²) in [4.78, 5) is 12.2. The minimum absolute atomic E-state index is 0.200. The van der Waals surface area contributed by atoms with Crippen LogP contribution in [0.1, 0.15) is 35.1 Å². The van der Waals surface area contributed by atoms with Crippen LogP contribution in [0.5, 0.6) is 0 Å². The van der Waals surface area contributed by atoms with Crippen LogP contribution < -0.4 is 10.6 Å². The van der Waals surface area contributed by atoms with Gasteiger partial charge < -0.3 is 15.7 Å². The molecule has 2 unspecified atom stereocenters. The summed E-state index contributed by atoms with van der Waals surface area (Å²) in [7, 11) is 0. The molecule has 0 heterocycles. The molecule has 4 nitrogen and oxygen atoms in total. The number of nitrogens with one attached hydrogen (secondary N) is 2. The van der Waals surface area contributed by atoms with Crippen molar-refractivity contribution < 1.29 is 9.90 Å². The van der Waals surface area contributed by atoms with Gasteiger partial charge in [0.15, 0.2) is 0 Å². The fourth-order valence-electron chi connectivity index (χ4n) is 3.75. The second-order valence-corrected chi connectivity index (χ2v) is 6.82. The average molecular weight is 322 g/mol. The van der Waals surface area contributed by atoms with Crippen LogP contribution in [0, 0.1) is 5.92 Å². The van der Waals surface area contributed by atoms with Gasteiger partial charge in [0, 0.05) is 13.0 Å². The topological polar surface area (TPSA) is 61.4 Å². The number of urea groups is 1. The number of aliphatic hydroxyl groups excluding tert-OH is 1. The number of fused-ring (bicyclic) bond motifs is 1. The molecule has 0 spiro atoms. The Labute approximate surface area is 141 Å². The standard InChI is InChI=1S/C20H22N2O2/c23-18-11-14-8-4-5-9-16(14)19(18)22-20(24)21-12-15-10-17(15)13-6-2-1-3-7-13/h1-9,15,17-19,23H,10-12H2,(H2,21,22,24)/t15?,17?,18-,19+/m1/s1. The van der Waals surface area contributed by atoms with Crippen molar-refractivity contribution in [1.82, 2.24) is 10.6 Å². The SMILES string of the molecule is O=C(NCC1CC1c1ccccc1)N[C@H]1c2ccccc2C[C@H]1O. The maximum absolute atomic E-state index is 12.2. The number of rotatable bonds is 4. The van der Waals surface area contributed by atoms with Gasteiger partial charge in [0.25, 0.3) is 0 Å². The normalized spacial score (nSPS) is 27.4. The minimum atomic E-state index is -0.550. The zero-order valence-electron chi connectivity index (χ0n) is 13.5. The molecule has 0 aromatic heterocycles. The number of hydrogen-bond donors (Lipinski definition) is 3. The monoisotopic (exact) mass is 322 g/mol. The van der Waals surface area contributed by atoms with E-state index in [1.807, 2.05) is 30.3 Å². The van der Waals surface area contributed by atoms with Gasteiger partial charge in [-0.1, -0.05) is 54.6 Å². The summed E-state index contributed by atoms with van der Waals surface area (Å²) < 4.78 is 0. The van der Waals surface area contributed by atoms with Gasteiger partial charge in [-0.2, -0.15) is 0 Å². The molecular weight excluding hydrogens is 300 g/mol. The number of hydrogen-bond acceptors (Lipinski definition) is 2. The molecule has 2 aromatic carbocycles. The Bertz CT molecular complexity index is 731. The molecule has 0 aliphatic heterocycles. The molecule has 4 rings (SSSR count). The van der Waals surface area contributed by atoms with E-state index >= 15 is 0 Å². The second-order valence-electron chi connectivity index (χ2n) is 6.82. The highest BCUT2D eigenvalue weighted by molar-refractivity contribution is 5.75. The number of benzene rings is 2. The van der Waals surface area contributed by atoms with Gasteiger partial charge >= 0.3 is 6.03 Å². The van der Waals surface area contributed by atoms with E-state index in [4.69, 9.17) is 0 Å². The Balaban J connectivity index is 1.29. The molecule has 2 aliphatic rings. The summed E-state index contributed by atoms with van der Waals surface area (Å²) in [5, 5.41) is 16.1. The van der Waals surface area contributed by atoms with Crippen molar-refractivity contribution in [3.63, 3.8) is 0 Å². The predicted molar refractivity (Wildman–Crippen MR) is 92.7 cm³/mol. The van der Waals surface area contributed by atoms with E-state index in [-0.39, 0.29) is 12.1 Å². The van der Waals surface area contributed by atoms with Crippen molar-refractivity contribution >= 4 is 6.03 Å². The summed E-state index contributed by atoms with van der Waals surface area (Å²) in [6, 6.07) is 17.8. The molecule has 1 fully saturated rings. The van der Waals surface area contributed by atoms with Crippen molar-refractivity contribution in [1.29, 1.82) is 0 Å². The van der Waals surface area contributed by atoms with Crippen molar-refractivity contribution in [3.8, 4) is 0 Å². The highest BCUT2D eigenvalue weighted by Crippen LogP contribution is 2.46. The molecule has 1 saturated carbocycles. The first-order chi connectivity index (χ1) is 11.7. The summed E-state index contributed by atoms with van der Waals surface area (Å²) >= 11 is 0. The minimum Gasteiger partial charge on any atom is -0.390 e. The summed E-state index contributed by atoms with van der Waals surface area (Å²) in [6.07, 6.45) is 1.17. The fraction of sp³-hybridized carbons (Fsp3) is 0.350. The maximum atomic E-state index is 12.2. The van der Waals surface area contributed by atoms with E-state index in [9.17, 15) is 9.90 Å². The van der Waals surface area contributed by atoms with Crippen LogP contribution in [-0.2, 0) is 6.42 Å². The van der Waals surface area contributed by atoms with Crippen LogP contribution in [0.15, 0.2) is 54.6 Å². The summed E-state index contributed by atoms with van der Waals surface area (Å²) in [6.45, 7) is 0.676. The Morgan fingerprint density at radius 3 is 2.67 bits per heavy atom. The van der Waals surface area contributed by atoms with Crippen LogP contribution in [0.25, 0.3) is 0 Å². The molecule has 4 atom stereocenters. The quantitative estimate of drug-likeness (QED) is 0.810. The Morgan fingerprint density at radius 2 is 1.83 bits per heavy atom. The molecule has 124 valence electrons. The number of carbonyl (C=O) groups is 1. The third-order valence-corrected chi connectivity index (χ3v) is 5.17. The number of carbonyl (C=O) groups excluding carboxylic acids is 1. The van der Waals surface area contributed by atoms with Crippen LogP contribution in [-0.4, -0.2) is 23.8 Å². The lowest BCUT2D eigenvalue weighted by Crippen LogP contribution is -2.41. The first-order valence-corrected chi connectivity index (χ1v) is 8.57. The van der Waals surface area contributed by atoms with Crippen LogP contribution >= 0.6 is 0 Å². The molecule has 0 radical (unpaired) electrons. The van der Waals surface area contributed by atoms with E-state index in [0.29, 0.717) is 24.8 Å². The Kier molecular flexibility index (Phi) is 3.98. The van der Waals surface area contributed by atoms with E-state index in [1.54, 1.807) is 0 Å². The van der Waals surface area contributed by atoms with Gasteiger partial charge in [-0.05, 0) is 34.9 Å². The lowest BCUT2D eigenvalue weighted by Gasteiger charge is -2.18. The lowest BCUT2D eigenvalue weighted by molar-refractivity contribution is 0.142. The fourth-order valence-corrected chi connectivity index (χ4v) is 3.75. The molecule has 0 saturated heterocycles. The molecule has 24 heavy (non-hydrogen) atoms. The molecular formula is C20H22N2O2. The van der Waals surface area contributed by atoms with Crippen LogP contribution in [0.3, 0.4) is 0 Å². The van der Waals surface area contributed by atoms with E-state index in [0.717, 1.165) is 17.5 Å². The molecule has 2 aromatic rings. The van der Waals surface area contributed by atoms with Gasteiger partial charge in [0.05, 0.1) is 12.1 Å². The smallest absolute Gasteiger partial charge is 0.315 e. The van der Waals surface area contributed by atoms with Gasteiger partial charge in [-0.15, -0.1) is 0 Å². The van der Waals surface area contributed by atoms with Gasteiger partial charge in [0.1, 0.15) is 0 Å². The van der Waals surface area contributed by atoms with E-state index in [2.05, 4.69) is 34.9 Å². The molecule has 0 bridgehead atoms. The van der Waals surface area contributed by atoms with Crippen molar-refractivity contribution in [2.75, 3.05) is 6.54 Å². The lowest BCUT2D eigenvalue weighted by atomic mass is 10.1. The van der Waals surface area contributed by atoms with Crippen molar-refractivity contribution in [2.24, 2.45) is 5.92 Å². The highest BCUT2D eigenvalue weighted by atomic mass is 16.3. The summed E-state index contributed by atoms with van der Waals surface area (Å²) in [5.41, 5.74) is 3.49. The molecule has 3 N–H and O–H groups in total. The van der Waals surface area contributed by atoms with E-state index in [1.165, 1.54) is 5.56 Å². The largest absolute Gasteiger partial charge is 0.390 e. The van der Waals surface area contributed by atoms with Crippen molar-refractivity contribution in [3.05, 3.63) is 71.3 Å². The summed E-state index contributed by atoms with van der Waals surface area (Å²) in [5.74, 6) is 1.07. The maximum Gasteiger partial charge on any atom is 0.315 e. The third-order valence-electron chi connectivity index (χ3n) is 5.17. The van der Waals surface area contributed by atoms with Crippen LogP contribution in [0.4, 0.5) is 4.79 Å². The average Bonchev–Trinajstić information content (AvgIpc) is 3.32. The third kappa shape index (κ3) is 3.02. The first kappa shape index (κ1) is 15.2. The van der Waals surface area contributed by atoms with Crippen molar-refractivity contribution in [2.45, 2.75) is 30.9 Å². The molecule has 2 aliphatic carbocycles. The predicted octanol–water partition coefficient (Wildman–Crippen LogP) is 2.75. The van der Waals surface area contributed by atoms with Gasteiger partial charge in [-0.25, -0.2) is 4.79 Å².